The first kappa shape index (κ1) is 16.4. The Morgan fingerprint density at radius 2 is 1.96 bits per heavy atom. The molecule has 3 aromatic rings. The van der Waals surface area contributed by atoms with Gasteiger partial charge in [0.05, 0.1) is 12.2 Å². The minimum absolute atomic E-state index is 0.0980. The third-order valence-corrected chi connectivity index (χ3v) is 3.43. The molecule has 0 unspecified atom stereocenters. The maximum atomic E-state index is 11.7. The maximum Gasteiger partial charge on any atom is 0.357 e. The molecular formula is C18H14N2O5. The lowest BCUT2D eigenvalue weighted by atomic mass is 10.0. The molecule has 0 aliphatic rings. The van der Waals surface area contributed by atoms with Gasteiger partial charge in [-0.1, -0.05) is 12.1 Å². The molecule has 0 spiro atoms. The molecule has 2 aromatic carbocycles. The number of carbonyl (C=O) groups is 2. The van der Waals surface area contributed by atoms with Gasteiger partial charge >= 0.3 is 11.9 Å². The van der Waals surface area contributed by atoms with Crippen LogP contribution in [0.5, 0.6) is 11.6 Å². The third-order valence-electron chi connectivity index (χ3n) is 3.43. The summed E-state index contributed by atoms with van der Waals surface area (Å²) < 4.78 is 10.5. The summed E-state index contributed by atoms with van der Waals surface area (Å²) in [5, 5.41) is 10.5. The standard InChI is InChI=1S/C18H14N2O5/c1-2-24-18(23)15-9-16(20-10-19-15)25-12-6-7-13-11(8-12)4-3-5-14(13)17(21)22/h3-10H,2H2,1H3,(H,21,22). The molecular weight excluding hydrogens is 324 g/mol. The minimum atomic E-state index is -0.992. The first-order valence-electron chi connectivity index (χ1n) is 7.51. The normalized spacial score (nSPS) is 10.4. The van der Waals surface area contributed by atoms with Gasteiger partial charge < -0.3 is 14.6 Å². The molecule has 0 saturated heterocycles. The Balaban J connectivity index is 1.90. The van der Waals surface area contributed by atoms with Crippen LogP contribution in [0.2, 0.25) is 0 Å². The Morgan fingerprint density at radius 1 is 1.12 bits per heavy atom. The van der Waals surface area contributed by atoms with E-state index >= 15 is 0 Å². The van der Waals surface area contributed by atoms with E-state index in [0.29, 0.717) is 11.1 Å². The van der Waals surface area contributed by atoms with E-state index in [2.05, 4.69) is 9.97 Å². The summed E-state index contributed by atoms with van der Waals surface area (Å²) in [5.41, 5.74) is 0.316. The molecule has 0 bridgehead atoms. The van der Waals surface area contributed by atoms with Crippen LogP contribution >= 0.6 is 0 Å². The summed E-state index contributed by atoms with van der Waals surface area (Å²) in [6.45, 7) is 1.95. The zero-order valence-corrected chi connectivity index (χ0v) is 13.3. The second-order valence-electron chi connectivity index (χ2n) is 5.06. The van der Waals surface area contributed by atoms with E-state index in [-0.39, 0.29) is 23.7 Å². The average molecular weight is 338 g/mol. The van der Waals surface area contributed by atoms with Crippen LogP contribution in [-0.2, 0) is 4.74 Å². The van der Waals surface area contributed by atoms with Crippen LogP contribution in [0, 0.1) is 0 Å². The SMILES string of the molecule is CCOC(=O)c1cc(Oc2ccc3c(C(=O)O)cccc3c2)ncn1. The van der Waals surface area contributed by atoms with E-state index in [4.69, 9.17) is 9.47 Å². The number of nitrogens with zero attached hydrogens (tertiary/aromatic N) is 2. The number of carbonyl (C=O) groups excluding carboxylic acids is 1. The van der Waals surface area contributed by atoms with Crippen molar-refractivity contribution in [3.05, 3.63) is 60.0 Å². The van der Waals surface area contributed by atoms with Crippen molar-refractivity contribution in [3.8, 4) is 11.6 Å². The summed E-state index contributed by atoms with van der Waals surface area (Å²) in [4.78, 5) is 30.8. The zero-order valence-electron chi connectivity index (χ0n) is 13.3. The molecule has 0 radical (unpaired) electrons. The fraction of sp³-hybridized carbons (Fsp3) is 0.111. The van der Waals surface area contributed by atoms with Crippen LogP contribution in [-0.4, -0.2) is 33.6 Å². The van der Waals surface area contributed by atoms with Crippen molar-refractivity contribution in [3.63, 3.8) is 0 Å². The van der Waals surface area contributed by atoms with Gasteiger partial charge in [-0.15, -0.1) is 0 Å². The predicted octanol–water partition coefficient (Wildman–Crippen LogP) is 3.30. The molecule has 0 atom stereocenters. The van der Waals surface area contributed by atoms with Gasteiger partial charge in [0.2, 0.25) is 5.88 Å². The monoisotopic (exact) mass is 338 g/mol. The molecule has 1 aromatic heterocycles. The van der Waals surface area contributed by atoms with E-state index in [9.17, 15) is 14.7 Å². The maximum absolute atomic E-state index is 11.7. The molecule has 0 aliphatic heterocycles. The van der Waals surface area contributed by atoms with Crippen molar-refractivity contribution >= 4 is 22.7 Å². The van der Waals surface area contributed by atoms with E-state index in [1.165, 1.54) is 12.4 Å². The molecule has 0 aliphatic carbocycles. The summed E-state index contributed by atoms with van der Waals surface area (Å²) in [7, 11) is 0. The van der Waals surface area contributed by atoms with Crippen LogP contribution in [0.25, 0.3) is 10.8 Å². The summed E-state index contributed by atoms with van der Waals surface area (Å²) in [5.74, 6) is -0.899. The Labute approximate surface area is 142 Å². The second kappa shape index (κ2) is 6.96. The molecule has 25 heavy (non-hydrogen) atoms. The zero-order chi connectivity index (χ0) is 17.8. The summed E-state index contributed by atoms with van der Waals surface area (Å²) in [6.07, 6.45) is 1.21. The number of carboxylic acid groups (broad SMARTS) is 1. The smallest absolute Gasteiger partial charge is 0.357 e. The molecule has 7 heteroatoms. The number of aromatic carboxylic acids is 1. The largest absolute Gasteiger partial charge is 0.478 e. The highest BCUT2D eigenvalue weighted by Gasteiger charge is 2.12. The van der Waals surface area contributed by atoms with Crippen molar-refractivity contribution < 1.29 is 24.2 Å². The van der Waals surface area contributed by atoms with Crippen LogP contribution in [0.1, 0.15) is 27.8 Å². The first-order chi connectivity index (χ1) is 12.1. The lowest BCUT2D eigenvalue weighted by molar-refractivity contribution is 0.0518. The molecule has 3 rings (SSSR count). The second-order valence-corrected chi connectivity index (χ2v) is 5.06. The van der Waals surface area contributed by atoms with E-state index in [1.54, 1.807) is 43.3 Å². The molecule has 7 nitrogen and oxygen atoms in total. The number of benzene rings is 2. The molecule has 126 valence electrons. The van der Waals surface area contributed by atoms with Gasteiger partial charge in [0.1, 0.15) is 12.1 Å². The van der Waals surface area contributed by atoms with E-state index < -0.39 is 11.9 Å². The quantitative estimate of drug-likeness (QED) is 0.713. The van der Waals surface area contributed by atoms with Gasteiger partial charge in [0.25, 0.3) is 0 Å². The predicted molar refractivity (Wildman–Crippen MR) is 89.0 cm³/mol. The number of carboxylic acids is 1. The third kappa shape index (κ3) is 3.55. The van der Waals surface area contributed by atoms with Crippen LogP contribution in [0.4, 0.5) is 0 Å². The number of fused-ring (bicyclic) bond motifs is 1. The highest BCUT2D eigenvalue weighted by atomic mass is 16.5. The highest BCUT2D eigenvalue weighted by molar-refractivity contribution is 6.03. The first-order valence-corrected chi connectivity index (χ1v) is 7.51. The topological polar surface area (TPSA) is 98.6 Å². The molecule has 1 heterocycles. The molecule has 0 saturated carbocycles. The van der Waals surface area contributed by atoms with Crippen molar-refractivity contribution in [2.75, 3.05) is 6.61 Å². The fourth-order valence-corrected chi connectivity index (χ4v) is 2.34. The van der Waals surface area contributed by atoms with E-state index in [0.717, 1.165) is 5.39 Å². The molecule has 0 fully saturated rings. The van der Waals surface area contributed by atoms with Crippen LogP contribution < -0.4 is 4.74 Å². The van der Waals surface area contributed by atoms with Gasteiger partial charge in [-0.3, -0.25) is 0 Å². The van der Waals surface area contributed by atoms with Crippen LogP contribution in [0.15, 0.2) is 48.8 Å². The Bertz CT molecular complexity index is 955. The molecule has 1 N–H and O–H groups in total. The van der Waals surface area contributed by atoms with Crippen molar-refractivity contribution in [1.82, 2.24) is 9.97 Å². The number of esters is 1. The Hall–Kier alpha value is -3.48. The van der Waals surface area contributed by atoms with Crippen molar-refractivity contribution in [2.45, 2.75) is 6.92 Å². The summed E-state index contributed by atoms with van der Waals surface area (Å²) in [6, 6.07) is 11.4. The fourth-order valence-electron chi connectivity index (χ4n) is 2.34. The minimum Gasteiger partial charge on any atom is -0.478 e. The lowest BCUT2D eigenvalue weighted by Crippen LogP contribution is -2.07. The number of hydrogen-bond acceptors (Lipinski definition) is 6. The van der Waals surface area contributed by atoms with Gasteiger partial charge in [0, 0.05) is 6.07 Å². The van der Waals surface area contributed by atoms with Gasteiger partial charge in [0.15, 0.2) is 5.69 Å². The Kier molecular flexibility index (Phi) is 4.56. The summed E-state index contributed by atoms with van der Waals surface area (Å²) >= 11 is 0. The highest BCUT2D eigenvalue weighted by Crippen LogP contribution is 2.27. The molecule has 0 amide bonds. The number of rotatable bonds is 5. The number of hydrogen-bond donors (Lipinski definition) is 1. The van der Waals surface area contributed by atoms with E-state index in [1.807, 2.05) is 0 Å². The van der Waals surface area contributed by atoms with Gasteiger partial charge in [-0.2, -0.15) is 0 Å². The number of ether oxygens (including phenoxy) is 2. The number of aromatic nitrogens is 2. The van der Waals surface area contributed by atoms with Crippen LogP contribution in [0.3, 0.4) is 0 Å². The Morgan fingerprint density at radius 3 is 2.72 bits per heavy atom. The average Bonchev–Trinajstić information content (AvgIpc) is 2.61. The van der Waals surface area contributed by atoms with Gasteiger partial charge in [-0.05, 0) is 42.0 Å². The van der Waals surface area contributed by atoms with Crippen molar-refractivity contribution in [2.24, 2.45) is 0 Å². The lowest BCUT2D eigenvalue weighted by Gasteiger charge is -2.08. The van der Waals surface area contributed by atoms with Gasteiger partial charge in [-0.25, -0.2) is 19.6 Å². The van der Waals surface area contributed by atoms with Crippen molar-refractivity contribution in [1.29, 1.82) is 0 Å².